The molecular formula is C22H19N3O. The van der Waals surface area contributed by atoms with Gasteiger partial charge in [-0.1, -0.05) is 36.4 Å². The zero-order valence-corrected chi connectivity index (χ0v) is 14.3. The maximum atomic E-state index is 5.77. The van der Waals surface area contributed by atoms with Crippen LogP contribution in [0.2, 0.25) is 0 Å². The third kappa shape index (κ3) is 1.88. The lowest BCUT2D eigenvalue weighted by Crippen LogP contribution is -2.45. The van der Waals surface area contributed by atoms with Gasteiger partial charge in [0.1, 0.15) is 11.9 Å². The highest BCUT2D eigenvalue weighted by molar-refractivity contribution is 5.85. The summed E-state index contributed by atoms with van der Waals surface area (Å²) >= 11 is 0. The highest BCUT2D eigenvalue weighted by Crippen LogP contribution is 2.47. The fourth-order valence-electron chi connectivity index (χ4n) is 4.65. The van der Waals surface area contributed by atoms with Gasteiger partial charge in [0.25, 0.3) is 0 Å². The van der Waals surface area contributed by atoms with Crippen molar-refractivity contribution in [2.75, 3.05) is 11.9 Å². The number of para-hydroxylation sites is 2. The summed E-state index contributed by atoms with van der Waals surface area (Å²) in [7, 11) is 0. The van der Waals surface area contributed by atoms with Gasteiger partial charge in [0, 0.05) is 28.8 Å². The summed E-state index contributed by atoms with van der Waals surface area (Å²) in [5, 5.41) is 5.04. The Kier molecular flexibility index (Phi) is 2.87. The van der Waals surface area contributed by atoms with Crippen molar-refractivity contribution < 1.29 is 4.42 Å². The first-order valence-electron chi connectivity index (χ1n) is 9.14. The van der Waals surface area contributed by atoms with Crippen molar-refractivity contribution in [3.05, 3.63) is 89.5 Å². The van der Waals surface area contributed by atoms with Crippen LogP contribution >= 0.6 is 0 Å². The Bertz CT molecular complexity index is 1100. The van der Waals surface area contributed by atoms with Gasteiger partial charge in [-0.3, -0.25) is 4.90 Å². The zero-order chi connectivity index (χ0) is 17.1. The summed E-state index contributed by atoms with van der Waals surface area (Å²) in [6.45, 7) is 0.992. The predicted octanol–water partition coefficient (Wildman–Crippen LogP) is 4.83. The summed E-state index contributed by atoms with van der Waals surface area (Å²) in [5.41, 5.74) is 6.51. The molecule has 2 atom stereocenters. The van der Waals surface area contributed by atoms with Crippen LogP contribution in [0.1, 0.15) is 34.8 Å². The molecule has 0 fully saturated rings. The molecule has 2 aliphatic rings. The first kappa shape index (κ1) is 14.2. The van der Waals surface area contributed by atoms with E-state index in [-0.39, 0.29) is 12.2 Å². The van der Waals surface area contributed by atoms with E-state index in [4.69, 9.17) is 4.42 Å². The van der Waals surface area contributed by atoms with Crippen LogP contribution in [0.25, 0.3) is 10.9 Å². The standard InChI is InChI=1S/C22H19N3O/c1-3-8-17-14(6-1)15-11-12-25-21(20(15)23-17)16-7-2-4-9-18(16)24-22(25)19-10-5-13-26-19/h1-10,13,21-24H,11-12H2/t21-,22+/m0/s1. The molecule has 4 heterocycles. The van der Waals surface area contributed by atoms with Gasteiger partial charge in [0.05, 0.1) is 12.3 Å². The van der Waals surface area contributed by atoms with Crippen LogP contribution < -0.4 is 5.32 Å². The fraction of sp³-hybridized carbons (Fsp3) is 0.182. The third-order valence-electron chi connectivity index (χ3n) is 5.76. The summed E-state index contributed by atoms with van der Waals surface area (Å²) in [6, 6.07) is 21.5. The van der Waals surface area contributed by atoms with Gasteiger partial charge >= 0.3 is 0 Å². The van der Waals surface area contributed by atoms with Gasteiger partial charge in [0.2, 0.25) is 0 Å². The first-order valence-corrected chi connectivity index (χ1v) is 9.14. The number of anilines is 1. The van der Waals surface area contributed by atoms with Crippen molar-refractivity contribution in [1.29, 1.82) is 0 Å². The molecule has 0 saturated carbocycles. The molecule has 0 radical (unpaired) electrons. The van der Waals surface area contributed by atoms with Gasteiger partial charge in [-0.2, -0.15) is 0 Å². The van der Waals surface area contributed by atoms with Crippen LogP contribution in [-0.4, -0.2) is 16.4 Å². The molecule has 0 aliphatic carbocycles. The lowest BCUT2D eigenvalue weighted by Gasteiger charge is -2.45. The van der Waals surface area contributed by atoms with E-state index in [2.05, 4.69) is 69.8 Å². The van der Waals surface area contributed by atoms with Crippen molar-refractivity contribution in [2.24, 2.45) is 0 Å². The lowest BCUT2D eigenvalue weighted by molar-refractivity contribution is 0.135. The number of furan rings is 1. The molecule has 0 amide bonds. The molecule has 2 N–H and O–H groups in total. The molecule has 6 rings (SSSR count). The second-order valence-corrected chi connectivity index (χ2v) is 7.10. The van der Waals surface area contributed by atoms with E-state index in [9.17, 15) is 0 Å². The second kappa shape index (κ2) is 5.26. The van der Waals surface area contributed by atoms with Crippen LogP contribution in [0.5, 0.6) is 0 Å². The van der Waals surface area contributed by atoms with E-state index in [1.807, 2.05) is 6.07 Å². The minimum absolute atomic E-state index is 0.0458. The Hall–Kier alpha value is -2.98. The number of hydrogen-bond donors (Lipinski definition) is 2. The van der Waals surface area contributed by atoms with Crippen LogP contribution in [0.15, 0.2) is 71.3 Å². The van der Waals surface area contributed by atoms with Crippen molar-refractivity contribution in [2.45, 2.75) is 18.6 Å². The molecule has 0 spiro atoms. The largest absolute Gasteiger partial charge is 0.466 e. The van der Waals surface area contributed by atoms with Gasteiger partial charge in [-0.05, 0) is 41.8 Å². The molecular weight excluding hydrogens is 322 g/mol. The smallest absolute Gasteiger partial charge is 0.141 e. The molecule has 128 valence electrons. The lowest BCUT2D eigenvalue weighted by atomic mass is 9.89. The number of aromatic amines is 1. The van der Waals surface area contributed by atoms with E-state index >= 15 is 0 Å². The molecule has 4 nitrogen and oxygen atoms in total. The molecule has 0 unspecified atom stereocenters. The Morgan fingerprint density at radius 1 is 0.962 bits per heavy atom. The van der Waals surface area contributed by atoms with Crippen LogP contribution in [0.4, 0.5) is 5.69 Å². The number of rotatable bonds is 1. The maximum absolute atomic E-state index is 5.77. The highest BCUT2D eigenvalue weighted by atomic mass is 16.3. The molecule has 2 aromatic heterocycles. The summed E-state index contributed by atoms with van der Waals surface area (Å²) < 4.78 is 5.77. The average Bonchev–Trinajstić information content (AvgIpc) is 3.34. The number of hydrogen-bond acceptors (Lipinski definition) is 3. The third-order valence-corrected chi connectivity index (χ3v) is 5.76. The highest BCUT2D eigenvalue weighted by Gasteiger charge is 2.41. The quantitative estimate of drug-likeness (QED) is 0.521. The number of H-pyrrole nitrogens is 1. The Balaban J connectivity index is 1.59. The molecule has 4 heteroatoms. The van der Waals surface area contributed by atoms with E-state index in [1.165, 1.54) is 33.4 Å². The molecule has 26 heavy (non-hydrogen) atoms. The predicted molar refractivity (Wildman–Crippen MR) is 102 cm³/mol. The zero-order valence-electron chi connectivity index (χ0n) is 14.3. The fourth-order valence-corrected chi connectivity index (χ4v) is 4.65. The van der Waals surface area contributed by atoms with E-state index in [0.717, 1.165) is 18.7 Å². The molecule has 2 aliphatic heterocycles. The first-order chi connectivity index (χ1) is 12.9. The number of aromatic nitrogens is 1. The normalized spacial score (nSPS) is 21.7. The van der Waals surface area contributed by atoms with Crippen molar-refractivity contribution >= 4 is 16.6 Å². The summed E-state index contributed by atoms with van der Waals surface area (Å²) in [6.07, 6.45) is 2.84. The van der Waals surface area contributed by atoms with Crippen molar-refractivity contribution in [3.8, 4) is 0 Å². The molecule has 4 aromatic rings. The Labute approximate surface area is 151 Å². The number of nitrogens with zero attached hydrogens (tertiary/aromatic N) is 1. The number of nitrogens with one attached hydrogen (secondary N) is 2. The van der Waals surface area contributed by atoms with Gasteiger partial charge in [-0.15, -0.1) is 0 Å². The van der Waals surface area contributed by atoms with Crippen molar-refractivity contribution in [1.82, 2.24) is 9.88 Å². The average molecular weight is 341 g/mol. The van der Waals surface area contributed by atoms with E-state index < -0.39 is 0 Å². The Morgan fingerprint density at radius 3 is 2.77 bits per heavy atom. The maximum Gasteiger partial charge on any atom is 0.141 e. The number of benzene rings is 2. The molecule has 0 bridgehead atoms. The van der Waals surface area contributed by atoms with Crippen LogP contribution in [0, 0.1) is 0 Å². The van der Waals surface area contributed by atoms with Crippen molar-refractivity contribution in [3.63, 3.8) is 0 Å². The van der Waals surface area contributed by atoms with Crippen LogP contribution in [-0.2, 0) is 6.42 Å². The van der Waals surface area contributed by atoms with Gasteiger partial charge in [0.15, 0.2) is 0 Å². The minimum Gasteiger partial charge on any atom is -0.466 e. The monoisotopic (exact) mass is 341 g/mol. The Morgan fingerprint density at radius 2 is 1.85 bits per heavy atom. The molecule has 2 aromatic carbocycles. The van der Waals surface area contributed by atoms with Gasteiger partial charge in [-0.25, -0.2) is 0 Å². The topological polar surface area (TPSA) is 44.2 Å². The molecule has 0 saturated heterocycles. The van der Waals surface area contributed by atoms with Crippen LogP contribution in [0.3, 0.4) is 0 Å². The van der Waals surface area contributed by atoms with E-state index in [0.29, 0.717) is 0 Å². The second-order valence-electron chi connectivity index (χ2n) is 7.10. The SMILES string of the molecule is c1coc([C@@H]2Nc3ccccc3[C@H]3c4[nH]c5ccccc5c4CCN32)c1. The van der Waals surface area contributed by atoms with E-state index in [1.54, 1.807) is 6.26 Å². The van der Waals surface area contributed by atoms with Gasteiger partial charge < -0.3 is 14.7 Å². The summed E-state index contributed by atoms with van der Waals surface area (Å²) in [5.74, 6) is 0.962. The number of fused-ring (bicyclic) bond motifs is 7. The minimum atomic E-state index is 0.0458. The summed E-state index contributed by atoms with van der Waals surface area (Å²) in [4.78, 5) is 6.23.